The van der Waals surface area contributed by atoms with E-state index >= 15 is 0 Å². The SMILES string of the molecule is CCO[Si](C)(CCCS(=O)(=O)c1ccc(F)cc1)OCC. The first-order valence-corrected chi connectivity index (χ1v) is 11.3. The predicted octanol–water partition coefficient (Wildman–Crippen LogP) is 3.13. The molecule has 1 aromatic rings. The molecule has 0 radical (unpaired) electrons. The van der Waals surface area contributed by atoms with E-state index in [0.29, 0.717) is 25.7 Å². The van der Waals surface area contributed by atoms with Crippen LogP contribution in [0.15, 0.2) is 29.2 Å². The Kier molecular flexibility index (Phi) is 6.99. The van der Waals surface area contributed by atoms with Crippen molar-refractivity contribution in [1.82, 2.24) is 0 Å². The van der Waals surface area contributed by atoms with Crippen LogP contribution in [0.25, 0.3) is 0 Å². The van der Waals surface area contributed by atoms with E-state index in [0.717, 1.165) is 12.1 Å². The molecule has 0 atom stereocenters. The molecule has 0 amide bonds. The standard InChI is InChI=1S/C14H23FO4SSi/c1-4-18-21(3,19-5-2)12-6-11-20(16,17)14-9-7-13(15)8-10-14/h7-10H,4-6,11-12H2,1-3H3. The van der Waals surface area contributed by atoms with E-state index in [2.05, 4.69) is 0 Å². The summed E-state index contributed by atoms with van der Waals surface area (Å²) in [6.07, 6.45) is 0.475. The third-order valence-corrected chi connectivity index (χ3v) is 7.99. The Morgan fingerprint density at radius 2 is 1.62 bits per heavy atom. The Bertz CT molecular complexity index is 524. The van der Waals surface area contributed by atoms with Gasteiger partial charge in [0.05, 0.1) is 10.6 Å². The number of sulfone groups is 1. The van der Waals surface area contributed by atoms with Crippen LogP contribution < -0.4 is 0 Å². The summed E-state index contributed by atoms with van der Waals surface area (Å²) >= 11 is 0. The Morgan fingerprint density at radius 1 is 1.10 bits per heavy atom. The smallest absolute Gasteiger partial charge is 0.334 e. The van der Waals surface area contributed by atoms with Crippen LogP contribution in [-0.4, -0.2) is 35.9 Å². The number of rotatable bonds is 9. The van der Waals surface area contributed by atoms with Gasteiger partial charge >= 0.3 is 8.56 Å². The second kappa shape index (κ2) is 8.02. The minimum atomic E-state index is -3.38. The van der Waals surface area contributed by atoms with E-state index in [1.807, 2.05) is 20.4 Å². The average molecular weight is 334 g/mol. The van der Waals surface area contributed by atoms with Gasteiger partial charge in [-0.25, -0.2) is 12.8 Å². The molecule has 0 saturated carbocycles. The first-order valence-electron chi connectivity index (χ1n) is 7.09. The first kappa shape index (κ1) is 18.3. The summed E-state index contributed by atoms with van der Waals surface area (Å²) in [6.45, 7) is 6.88. The molecule has 0 aliphatic carbocycles. The van der Waals surface area contributed by atoms with E-state index in [1.54, 1.807) is 0 Å². The fourth-order valence-corrected chi connectivity index (χ4v) is 6.12. The van der Waals surface area contributed by atoms with Crippen LogP contribution in [0.3, 0.4) is 0 Å². The lowest BCUT2D eigenvalue weighted by atomic mass is 10.4. The van der Waals surface area contributed by atoms with Gasteiger partial charge in [0.2, 0.25) is 0 Å². The highest BCUT2D eigenvalue weighted by Gasteiger charge is 2.31. The molecule has 0 fully saturated rings. The molecule has 1 rings (SSSR count). The third-order valence-electron chi connectivity index (χ3n) is 3.12. The van der Waals surface area contributed by atoms with Crippen molar-refractivity contribution < 1.29 is 21.7 Å². The zero-order valence-electron chi connectivity index (χ0n) is 12.8. The zero-order valence-corrected chi connectivity index (χ0v) is 14.6. The Labute approximate surface area is 127 Å². The van der Waals surface area contributed by atoms with Gasteiger partial charge in [-0.05, 0) is 57.1 Å². The number of hydrogen-bond acceptors (Lipinski definition) is 4. The summed E-state index contributed by atoms with van der Waals surface area (Å²) in [5.41, 5.74) is 0. The van der Waals surface area contributed by atoms with Crippen LogP contribution in [0.2, 0.25) is 12.6 Å². The maximum atomic E-state index is 12.8. The second-order valence-corrected chi connectivity index (χ2v) is 10.3. The topological polar surface area (TPSA) is 52.6 Å². The highest BCUT2D eigenvalue weighted by atomic mass is 32.2. The molecule has 0 N–H and O–H groups in total. The number of halogens is 1. The van der Waals surface area contributed by atoms with Crippen molar-refractivity contribution >= 4 is 18.4 Å². The quantitative estimate of drug-likeness (QED) is 0.514. The highest BCUT2D eigenvalue weighted by Crippen LogP contribution is 2.19. The molecule has 120 valence electrons. The number of benzene rings is 1. The van der Waals surface area contributed by atoms with Gasteiger partial charge in [0, 0.05) is 13.2 Å². The van der Waals surface area contributed by atoms with E-state index in [4.69, 9.17) is 8.85 Å². The van der Waals surface area contributed by atoms with Gasteiger partial charge in [-0.1, -0.05) is 0 Å². The van der Waals surface area contributed by atoms with Crippen LogP contribution in [-0.2, 0) is 18.7 Å². The lowest BCUT2D eigenvalue weighted by Crippen LogP contribution is -2.39. The Balaban J connectivity index is 2.63. The first-order chi connectivity index (χ1) is 9.83. The van der Waals surface area contributed by atoms with Crippen LogP contribution in [0, 0.1) is 5.82 Å². The van der Waals surface area contributed by atoms with Crippen molar-refractivity contribution in [1.29, 1.82) is 0 Å². The second-order valence-electron chi connectivity index (χ2n) is 4.88. The molecule has 0 aromatic heterocycles. The van der Waals surface area contributed by atoms with Gasteiger partial charge in [-0.2, -0.15) is 0 Å². The van der Waals surface area contributed by atoms with E-state index < -0.39 is 24.2 Å². The summed E-state index contributed by atoms with van der Waals surface area (Å²) in [5.74, 6) is -0.428. The van der Waals surface area contributed by atoms with Gasteiger partial charge in [-0.3, -0.25) is 0 Å². The molecule has 0 bridgehead atoms. The molecular formula is C14H23FO4SSi. The zero-order chi connectivity index (χ0) is 15.9. The van der Waals surface area contributed by atoms with Crippen LogP contribution in [0.1, 0.15) is 20.3 Å². The van der Waals surface area contributed by atoms with E-state index in [1.165, 1.54) is 12.1 Å². The Hall–Kier alpha value is -0.763. The molecule has 21 heavy (non-hydrogen) atoms. The van der Waals surface area contributed by atoms with Crippen molar-refractivity contribution in [3.05, 3.63) is 30.1 Å². The van der Waals surface area contributed by atoms with Gasteiger partial charge in [0.25, 0.3) is 0 Å². The molecule has 0 aliphatic heterocycles. The molecule has 0 aliphatic rings. The fourth-order valence-electron chi connectivity index (χ4n) is 2.14. The summed E-state index contributed by atoms with van der Waals surface area (Å²) < 4.78 is 48.5. The normalized spacial score (nSPS) is 12.6. The highest BCUT2D eigenvalue weighted by molar-refractivity contribution is 7.91. The van der Waals surface area contributed by atoms with Gasteiger partial charge in [0.15, 0.2) is 9.84 Å². The van der Waals surface area contributed by atoms with Gasteiger partial charge in [-0.15, -0.1) is 0 Å². The lowest BCUT2D eigenvalue weighted by Gasteiger charge is -2.25. The van der Waals surface area contributed by atoms with E-state index in [-0.39, 0.29) is 10.6 Å². The average Bonchev–Trinajstić information content (AvgIpc) is 2.39. The monoisotopic (exact) mass is 334 g/mol. The largest absolute Gasteiger partial charge is 0.395 e. The Morgan fingerprint density at radius 3 is 2.10 bits per heavy atom. The van der Waals surface area contributed by atoms with Crippen LogP contribution in [0.5, 0.6) is 0 Å². The molecule has 0 heterocycles. The van der Waals surface area contributed by atoms with Crippen LogP contribution >= 0.6 is 0 Å². The molecule has 0 unspecified atom stereocenters. The molecule has 0 saturated heterocycles. The van der Waals surface area contributed by atoms with Crippen molar-refractivity contribution in [2.24, 2.45) is 0 Å². The van der Waals surface area contributed by atoms with Crippen molar-refractivity contribution in [2.45, 2.75) is 37.8 Å². The lowest BCUT2D eigenvalue weighted by molar-refractivity contribution is 0.189. The minimum absolute atomic E-state index is 0.0152. The van der Waals surface area contributed by atoms with Gasteiger partial charge < -0.3 is 8.85 Å². The number of hydrogen-bond donors (Lipinski definition) is 0. The molecular weight excluding hydrogens is 311 g/mol. The minimum Gasteiger partial charge on any atom is -0.395 e. The predicted molar refractivity (Wildman–Crippen MR) is 82.7 cm³/mol. The molecule has 0 spiro atoms. The third kappa shape index (κ3) is 5.86. The van der Waals surface area contributed by atoms with Gasteiger partial charge in [0.1, 0.15) is 5.82 Å². The molecule has 4 nitrogen and oxygen atoms in total. The van der Waals surface area contributed by atoms with E-state index in [9.17, 15) is 12.8 Å². The summed E-state index contributed by atoms with van der Waals surface area (Å²) in [6, 6.07) is 5.53. The van der Waals surface area contributed by atoms with Crippen molar-refractivity contribution in [2.75, 3.05) is 19.0 Å². The maximum Gasteiger partial charge on any atom is 0.334 e. The van der Waals surface area contributed by atoms with Crippen molar-refractivity contribution in [3.8, 4) is 0 Å². The van der Waals surface area contributed by atoms with Crippen molar-refractivity contribution in [3.63, 3.8) is 0 Å². The maximum absolute atomic E-state index is 12.8. The summed E-state index contributed by atoms with van der Waals surface area (Å²) in [7, 11) is -5.67. The molecule has 7 heteroatoms. The van der Waals surface area contributed by atoms with Crippen LogP contribution in [0.4, 0.5) is 4.39 Å². The molecule has 1 aromatic carbocycles. The fraction of sp³-hybridized carbons (Fsp3) is 0.571. The summed E-state index contributed by atoms with van der Waals surface area (Å²) in [4.78, 5) is 0.153. The summed E-state index contributed by atoms with van der Waals surface area (Å²) in [5, 5.41) is 0.